The number of likely N-dealkylation sites (tertiary alicyclic amines) is 1. The van der Waals surface area contributed by atoms with Crippen molar-refractivity contribution in [3.63, 3.8) is 0 Å². The van der Waals surface area contributed by atoms with E-state index in [-0.39, 0.29) is 22.4 Å². The summed E-state index contributed by atoms with van der Waals surface area (Å²) in [7, 11) is 0. The van der Waals surface area contributed by atoms with Crippen molar-refractivity contribution in [2.24, 2.45) is 5.92 Å². The number of nitrogen functional groups attached to an aromatic ring is 1. The third kappa shape index (κ3) is 7.70. The second kappa shape index (κ2) is 11.8. The van der Waals surface area contributed by atoms with Gasteiger partial charge in [0, 0.05) is 13.0 Å². The Balaban J connectivity index is 1.62. The summed E-state index contributed by atoms with van der Waals surface area (Å²) in [6.45, 7) is 5.81. The molecule has 9 heteroatoms. The van der Waals surface area contributed by atoms with Crippen LogP contribution in [0.1, 0.15) is 55.8 Å². The van der Waals surface area contributed by atoms with Crippen molar-refractivity contribution in [1.29, 1.82) is 0 Å². The van der Waals surface area contributed by atoms with Crippen molar-refractivity contribution in [3.05, 3.63) is 27.0 Å². The van der Waals surface area contributed by atoms with Crippen LogP contribution in [0.2, 0.25) is 5.02 Å². The fourth-order valence-corrected chi connectivity index (χ4v) is 3.61. The molecule has 29 heavy (non-hydrogen) atoms. The van der Waals surface area contributed by atoms with Gasteiger partial charge in [-0.1, -0.05) is 18.0 Å². The average Bonchev–Trinajstić information content (AvgIpc) is 2.69. The summed E-state index contributed by atoms with van der Waals surface area (Å²) in [5.74, 6) is -0.0976. The van der Waals surface area contributed by atoms with Crippen LogP contribution in [-0.2, 0) is 9.53 Å². The standard InChI is InChI=1S/C20H31ClN4O4/c1-2-29-17(26)6-4-3-5-9-25-10-7-14(8-11-25)13-23-19(27)15-12-16(21)18(22)24-20(15)28/h12,14H,2-11,13H2,1H3,(H,23,27)(H3,22,24,28). The molecular formula is C20H31ClN4O4. The molecule has 0 unspecified atom stereocenters. The molecule has 0 bridgehead atoms. The second-order valence-electron chi connectivity index (χ2n) is 7.38. The molecule has 1 aromatic rings. The van der Waals surface area contributed by atoms with Crippen molar-refractivity contribution in [3.8, 4) is 0 Å². The monoisotopic (exact) mass is 426 g/mol. The number of piperidine rings is 1. The third-order valence-corrected chi connectivity index (χ3v) is 5.50. The van der Waals surface area contributed by atoms with Crippen molar-refractivity contribution in [2.45, 2.75) is 45.4 Å². The largest absolute Gasteiger partial charge is 0.466 e. The van der Waals surface area contributed by atoms with Gasteiger partial charge in [0.2, 0.25) is 0 Å². The maximum absolute atomic E-state index is 12.3. The molecule has 2 rings (SSSR count). The molecular weight excluding hydrogens is 396 g/mol. The minimum atomic E-state index is -0.540. The molecule has 162 valence electrons. The Bertz CT molecular complexity index is 744. The van der Waals surface area contributed by atoms with E-state index in [4.69, 9.17) is 22.1 Å². The smallest absolute Gasteiger partial charge is 0.305 e. The number of carbonyl (C=O) groups is 2. The van der Waals surface area contributed by atoms with Gasteiger partial charge < -0.3 is 25.7 Å². The van der Waals surface area contributed by atoms with E-state index in [1.807, 2.05) is 6.92 Å². The van der Waals surface area contributed by atoms with Gasteiger partial charge in [-0.15, -0.1) is 0 Å². The van der Waals surface area contributed by atoms with Gasteiger partial charge in [-0.25, -0.2) is 0 Å². The quantitative estimate of drug-likeness (QED) is 0.390. The number of hydrogen-bond donors (Lipinski definition) is 3. The van der Waals surface area contributed by atoms with Gasteiger partial charge in [-0.3, -0.25) is 14.4 Å². The highest BCUT2D eigenvalue weighted by atomic mass is 35.5. The van der Waals surface area contributed by atoms with Crippen LogP contribution in [0.15, 0.2) is 10.9 Å². The zero-order valence-corrected chi connectivity index (χ0v) is 17.7. The molecule has 0 aromatic carbocycles. The van der Waals surface area contributed by atoms with Crippen LogP contribution in [-0.4, -0.2) is 54.5 Å². The van der Waals surface area contributed by atoms with E-state index in [2.05, 4.69) is 15.2 Å². The molecule has 1 aromatic heterocycles. The molecule has 2 heterocycles. The highest BCUT2D eigenvalue weighted by molar-refractivity contribution is 6.33. The Labute approximate surface area is 176 Å². The fourth-order valence-electron chi connectivity index (χ4n) is 3.45. The normalized spacial score (nSPS) is 15.2. The minimum Gasteiger partial charge on any atom is -0.466 e. The first-order valence-electron chi connectivity index (χ1n) is 10.2. The predicted molar refractivity (Wildman–Crippen MR) is 113 cm³/mol. The van der Waals surface area contributed by atoms with E-state index in [1.54, 1.807) is 0 Å². The summed E-state index contributed by atoms with van der Waals surface area (Å²) < 4.78 is 4.93. The van der Waals surface area contributed by atoms with Crippen LogP contribution in [0.25, 0.3) is 0 Å². The van der Waals surface area contributed by atoms with Crippen molar-refractivity contribution >= 4 is 29.3 Å². The Morgan fingerprint density at radius 3 is 2.72 bits per heavy atom. The maximum Gasteiger partial charge on any atom is 0.305 e. The number of aromatic amines is 1. The number of amides is 1. The number of rotatable bonds is 10. The predicted octanol–water partition coefficient (Wildman–Crippen LogP) is 2.18. The lowest BCUT2D eigenvalue weighted by atomic mass is 9.96. The Morgan fingerprint density at radius 1 is 1.31 bits per heavy atom. The molecule has 1 aliphatic rings. The zero-order valence-electron chi connectivity index (χ0n) is 17.0. The molecule has 8 nitrogen and oxygen atoms in total. The van der Waals surface area contributed by atoms with E-state index in [1.165, 1.54) is 6.07 Å². The van der Waals surface area contributed by atoms with Crippen molar-refractivity contribution in [1.82, 2.24) is 15.2 Å². The number of halogens is 1. The topological polar surface area (TPSA) is 118 Å². The van der Waals surface area contributed by atoms with Crippen molar-refractivity contribution in [2.75, 3.05) is 38.5 Å². The Hall–Kier alpha value is -2.06. The first-order valence-corrected chi connectivity index (χ1v) is 10.6. The molecule has 1 fully saturated rings. The van der Waals surface area contributed by atoms with Gasteiger partial charge in [0.05, 0.1) is 11.6 Å². The molecule has 1 saturated heterocycles. The number of esters is 1. The van der Waals surface area contributed by atoms with E-state index in [0.29, 0.717) is 25.5 Å². The Kier molecular flexibility index (Phi) is 9.47. The van der Waals surface area contributed by atoms with Gasteiger partial charge in [0.25, 0.3) is 11.5 Å². The Morgan fingerprint density at radius 2 is 2.03 bits per heavy atom. The first-order chi connectivity index (χ1) is 13.9. The number of H-pyrrole nitrogens is 1. The number of ether oxygens (including phenoxy) is 1. The summed E-state index contributed by atoms with van der Waals surface area (Å²) in [5.41, 5.74) is 4.96. The van der Waals surface area contributed by atoms with E-state index in [0.717, 1.165) is 51.7 Å². The minimum absolute atomic E-state index is 0.0237. The number of nitrogens with two attached hydrogens (primary N) is 1. The number of carbonyl (C=O) groups excluding carboxylic acids is 2. The average molecular weight is 427 g/mol. The molecule has 0 atom stereocenters. The van der Waals surface area contributed by atoms with Crippen LogP contribution in [0.4, 0.5) is 5.82 Å². The summed E-state index contributed by atoms with van der Waals surface area (Å²) in [4.78, 5) is 40.2. The lowest BCUT2D eigenvalue weighted by molar-refractivity contribution is -0.143. The lowest BCUT2D eigenvalue weighted by Gasteiger charge is -2.32. The van der Waals surface area contributed by atoms with E-state index < -0.39 is 11.5 Å². The highest BCUT2D eigenvalue weighted by Crippen LogP contribution is 2.18. The number of pyridine rings is 1. The molecule has 1 aliphatic heterocycles. The molecule has 0 saturated carbocycles. The highest BCUT2D eigenvalue weighted by Gasteiger charge is 2.20. The number of nitrogens with zero attached hydrogens (tertiary/aromatic N) is 1. The number of nitrogens with one attached hydrogen (secondary N) is 2. The van der Waals surface area contributed by atoms with Crippen LogP contribution in [0, 0.1) is 5.92 Å². The summed E-state index contributed by atoms with van der Waals surface area (Å²) in [6.07, 6.45) is 5.46. The van der Waals surface area contributed by atoms with Crippen LogP contribution < -0.4 is 16.6 Å². The van der Waals surface area contributed by atoms with Crippen LogP contribution >= 0.6 is 11.6 Å². The number of hydrogen-bond acceptors (Lipinski definition) is 6. The van der Waals surface area contributed by atoms with Gasteiger partial charge in [-0.05, 0) is 64.2 Å². The molecule has 0 radical (unpaired) electrons. The summed E-state index contributed by atoms with van der Waals surface area (Å²) in [6, 6.07) is 1.30. The fraction of sp³-hybridized carbons (Fsp3) is 0.650. The van der Waals surface area contributed by atoms with Gasteiger partial charge in [0.15, 0.2) is 0 Å². The van der Waals surface area contributed by atoms with Crippen LogP contribution in [0.5, 0.6) is 0 Å². The molecule has 0 spiro atoms. The van der Waals surface area contributed by atoms with Crippen LogP contribution in [0.3, 0.4) is 0 Å². The molecule has 1 amide bonds. The lowest BCUT2D eigenvalue weighted by Crippen LogP contribution is -2.39. The molecule has 0 aliphatic carbocycles. The summed E-state index contributed by atoms with van der Waals surface area (Å²) >= 11 is 5.88. The SMILES string of the molecule is CCOC(=O)CCCCCN1CCC(CNC(=O)c2cc(Cl)c(N)[nH]c2=O)CC1. The molecule has 4 N–H and O–H groups in total. The number of anilines is 1. The second-order valence-corrected chi connectivity index (χ2v) is 7.79. The van der Waals surface area contributed by atoms with E-state index >= 15 is 0 Å². The number of unbranched alkanes of at least 4 members (excludes halogenated alkanes) is 2. The third-order valence-electron chi connectivity index (χ3n) is 5.18. The number of aromatic nitrogens is 1. The summed E-state index contributed by atoms with van der Waals surface area (Å²) in [5, 5.41) is 2.99. The maximum atomic E-state index is 12.3. The van der Waals surface area contributed by atoms with E-state index in [9.17, 15) is 14.4 Å². The van der Waals surface area contributed by atoms with Crippen molar-refractivity contribution < 1.29 is 14.3 Å². The van der Waals surface area contributed by atoms with Gasteiger partial charge in [-0.2, -0.15) is 0 Å². The van der Waals surface area contributed by atoms with Gasteiger partial charge >= 0.3 is 5.97 Å². The zero-order chi connectivity index (χ0) is 21.2. The first kappa shape index (κ1) is 23.2. The van der Waals surface area contributed by atoms with Gasteiger partial charge in [0.1, 0.15) is 11.4 Å².